The Bertz CT molecular complexity index is 1350. The minimum Gasteiger partial charge on any atom is -0.479 e. The van der Waals surface area contributed by atoms with Crippen LogP contribution in [0, 0.1) is 0 Å². The van der Waals surface area contributed by atoms with E-state index in [0.29, 0.717) is 5.69 Å². The molecule has 2 atom stereocenters. The van der Waals surface area contributed by atoms with Gasteiger partial charge in [-0.3, -0.25) is 9.79 Å². The Kier molecular flexibility index (Phi) is 8.19. The number of carbonyl (C=O) groups is 3. The van der Waals surface area contributed by atoms with Crippen LogP contribution < -0.4 is 15.9 Å². The largest absolute Gasteiger partial charge is 0.508 e. The lowest BCUT2D eigenvalue weighted by Crippen LogP contribution is -2.49. The lowest BCUT2D eigenvalue weighted by atomic mass is 9.85. The van der Waals surface area contributed by atoms with Gasteiger partial charge in [-0.25, -0.2) is 9.59 Å². The molecule has 4 rings (SSSR count). The number of nitrogens with zero attached hydrogens (tertiary/aromatic N) is 1. The summed E-state index contributed by atoms with van der Waals surface area (Å²) >= 11 is 12.6. The van der Waals surface area contributed by atoms with Crippen molar-refractivity contribution in [3.05, 3.63) is 75.2 Å². The van der Waals surface area contributed by atoms with Gasteiger partial charge in [-0.15, -0.1) is 0 Å². The zero-order chi connectivity index (χ0) is 26.6. The molecule has 1 heterocycles. The number of nitrogens with one attached hydrogen (secondary N) is 1. The molecule has 10 heteroatoms. The van der Waals surface area contributed by atoms with E-state index in [2.05, 4.69) is 10.3 Å². The van der Waals surface area contributed by atoms with Gasteiger partial charge < -0.3 is 19.9 Å². The van der Waals surface area contributed by atoms with Crippen LogP contribution >= 0.6 is 23.2 Å². The SMILES string of the molecule is CC(OC(=O)OC1CCCCC1)C1(C(=O)O)N=c2cc(Cl)cc(Cl)c2=C1/C=C/C(=O)Nc1ccccc1. The van der Waals surface area contributed by atoms with Gasteiger partial charge in [0.1, 0.15) is 12.2 Å². The molecule has 0 aromatic heterocycles. The average Bonchev–Trinajstić information content (AvgIpc) is 3.19. The molecule has 0 bridgehead atoms. The Morgan fingerprint density at radius 1 is 1.14 bits per heavy atom. The topological polar surface area (TPSA) is 114 Å². The van der Waals surface area contributed by atoms with Crippen LogP contribution in [0.5, 0.6) is 0 Å². The Morgan fingerprint density at radius 2 is 1.84 bits per heavy atom. The van der Waals surface area contributed by atoms with Gasteiger partial charge in [-0.05, 0) is 62.9 Å². The number of halogens is 2. The molecule has 37 heavy (non-hydrogen) atoms. The first-order chi connectivity index (χ1) is 17.7. The maximum absolute atomic E-state index is 12.8. The first-order valence-electron chi connectivity index (χ1n) is 11.9. The maximum Gasteiger partial charge on any atom is 0.508 e. The predicted octanol–water partition coefficient (Wildman–Crippen LogP) is 4.67. The van der Waals surface area contributed by atoms with Crippen LogP contribution in [-0.2, 0) is 19.1 Å². The summed E-state index contributed by atoms with van der Waals surface area (Å²) in [5, 5.41) is 14.0. The number of rotatable bonds is 7. The Labute approximate surface area is 223 Å². The molecule has 8 nitrogen and oxygen atoms in total. The van der Waals surface area contributed by atoms with Crippen LogP contribution in [0.3, 0.4) is 0 Å². The smallest absolute Gasteiger partial charge is 0.479 e. The normalized spacial score (nSPS) is 20.1. The first-order valence-corrected chi connectivity index (χ1v) is 12.7. The van der Waals surface area contributed by atoms with Crippen molar-refractivity contribution in [2.24, 2.45) is 4.99 Å². The Hall–Kier alpha value is -3.36. The monoisotopic (exact) mass is 544 g/mol. The number of hydrogen-bond acceptors (Lipinski definition) is 6. The standard InChI is InChI=1S/C27H26Cl2N2O6/c1-16(36-26(35)37-19-10-6-3-7-11-19)27(25(33)34)20(24-21(29)14-17(28)15-22(24)31-27)12-13-23(32)30-18-8-4-2-5-9-18/h2,4-5,8-9,12-16,19H,3,6-7,10-11H2,1H3,(H,30,32)(H,33,34)/b13-12+. The van der Waals surface area contributed by atoms with E-state index in [4.69, 9.17) is 32.7 Å². The third-order valence-corrected chi connectivity index (χ3v) is 6.97. The van der Waals surface area contributed by atoms with Gasteiger partial charge in [0, 0.05) is 27.6 Å². The van der Waals surface area contributed by atoms with Gasteiger partial charge in [0.05, 0.1) is 10.4 Å². The number of fused-ring (bicyclic) bond motifs is 1. The highest BCUT2D eigenvalue weighted by molar-refractivity contribution is 6.34. The number of aliphatic carboxylic acids is 1. The number of para-hydroxylation sites is 1. The van der Waals surface area contributed by atoms with Crippen LogP contribution in [0.4, 0.5) is 10.5 Å². The van der Waals surface area contributed by atoms with E-state index in [0.717, 1.165) is 32.1 Å². The van der Waals surface area contributed by atoms with E-state index in [1.165, 1.54) is 31.2 Å². The second-order valence-electron chi connectivity index (χ2n) is 8.96. The third-order valence-electron chi connectivity index (χ3n) is 6.46. The zero-order valence-corrected chi connectivity index (χ0v) is 21.6. The summed E-state index contributed by atoms with van der Waals surface area (Å²) in [6, 6.07) is 11.7. The second kappa shape index (κ2) is 11.4. The van der Waals surface area contributed by atoms with Gasteiger partial charge in [0.2, 0.25) is 11.4 Å². The second-order valence-corrected chi connectivity index (χ2v) is 9.80. The van der Waals surface area contributed by atoms with E-state index in [-0.39, 0.29) is 32.3 Å². The summed E-state index contributed by atoms with van der Waals surface area (Å²) in [6.07, 6.45) is 4.40. The minimum absolute atomic E-state index is 0.0813. The van der Waals surface area contributed by atoms with Crippen LogP contribution in [0.2, 0.25) is 10.0 Å². The number of hydrogen-bond donors (Lipinski definition) is 2. The molecule has 2 aromatic carbocycles. The summed E-state index contributed by atoms with van der Waals surface area (Å²) in [6.45, 7) is 1.42. The van der Waals surface area contributed by atoms with Crippen molar-refractivity contribution in [2.75, 3.05) is 5.32 Å². The van der Waals surface area contributed by atoms with E-state index in [9.17, 15) is 19.5 Å². The number of carbonyl (C=O) groups excluding carboxylic acids is 2. The average molecular weight is 545 g/mol. The fourth-order valence-corrected chi connectivity index (χ4v) is 5.24. The van der Waals surface area contributed by atoms with Crippen molar-refractivity contribution in [3.8, 4) is 0 Å². The lowest BCUT2D eigenvalue weighted by molar-refractivity contribution is -0.144. The zero-order valence-electron chi connectivity index (χ0n) is 20.1. The minimum atomic E-state index is -2.09. The maximum atomic E-state index is 12.8. The lowest BCUT2D eigenvalue weighted by Gasteiger charge is -2.30. The van der Waals surface area contributed by atoms with Crippen LogP contribution in [0.25, 0.3) is 5.57 Å². The number of anilines is 1. The quantitative estimate of drug-likeness (QED) is 0.386. The molecule has 1 fully saturated rings. The molecule has 2 N–H and O–H groups in total. The fraction of sp³-hybridized carbons (Fsp3) is 0.333. The molecule has 0 radical (unpaired) electrons. The highest BCUT2D eigenvalue weighted by atomic mass is 35.5. The van der Waals surface area contributed by atoms with Gasteiger partial charge in [0.25, 0.3) is 0 Å². The van der Waals surface area contributed by atoms with E-state index < -0.39 is 29.7 Å². The van der Waals surface area contributed by atoms with Crippen molar-refractivity contribution < 1.29 is 29.0 Å². The molecule has 1 aliphatic carbocycles. The van der Waals surface area contributed by atoms with Gasteiger partial charge >= 0.3 is 12.1 Å². The van der Waals surface area contributed by atoms with Crippen LogP contribution in [0.15, 0.2) is 59.6 Å². The number of amides is 1. The van der Waals surface area contributed by atoms with Gasteiger partial charge in [-0.2, -0.15) is 0 Å². The highest BCUT2D eigenvalue weighted by Crippen LogP contribution is 2.33. The summed E-state index contributed by atoms with van der Waals surface area (Å²) in [4.78, 5) is 42.4. The predicted molar refractivity (Wildman–Crippen MR) is 139 cm³/mol. The van der Waals surface area contributed by atoms with Crippen LogP contribution in [-0.4, -0.2) is 40.9 Å². The van der Waals surface area contributed by atoms with Crippen molar-refractivity contribution >= 4 is 52.5 Å². The summed E-state index contributed by atoms with van der Waals surface area (Å²) in [5.74, 6) is -1.89. The molecule has 2 unspecified atom stereocenters. The third kappa shape index (κ3) is 5.81. The van der Waals surface area contributed by atoms with Crippen molar-refractivity contribution in [2.45, 2.75) is 56.8 Å². The molecule has 0 spiro atoms. The summed E-state index contributed by atoms with van der Waals surface area (Å²) in [5.41, 5.74) is -1.45. The molecule has 2 aromatic rings. The number of carboxylic acid groups (broad SMARTS) is 1. The van der Waals surface area contributed by atoms with E-state index in [1.54, 1.807) is 24.3 Å². The summed E-state index contributed by atoms with van der Waals surface area (Å²) in [7, 11) is 0. The number of ether oxygens (including phenoxy) is 2. The van der Waals surface area contributed by atoms with E-state index in [1.807, 2.05) is 6.07 Å². The van der Waals surface area contributed by atoms with E-state index >= 15 is 0 Å². The van der Waals surface area contributed by atoms with Crippen molar-refractivity contribution in [1.82, 2.24) is 0 Å². The molecule has 194 valence electrons. The van der Waals surface area contributed by atoms with Crippen molar-refractivity contribution in [1.29, 1.82) is 0 Å². The Morgan fingerprint density at radius 3 is 2.51 bits per heavy atom. The molecular weight excluding hydrogens is 519 g/mol. The molecular formula is C27H26Cl2N2O6. The molecule has 0 saturated heterocycles. The van der Waals surface area contributed by atoms with Gasteiger partial charge in [-0.1, -0.05) is 47.8 Å². The van der Waals surface area contributed by atoms with Crippen LogP contribution in [0.1, 0.15) is 39.0 Å². The van der Waals surface area contributed by atoms with Crippen molar-refractivity contribution in [3.63, 3.8) is 0 Å². The molecule has 1 amide bonds. The fourth-order valence-electron chi connectivity index (χ4n) is 4.65. The highest BCUT2D eigenvalue weighted by Gasteiger charge is 2.52. The van der Waals surface area contributed by atoms with Gasteiger partial charge in [0.15, 0.2) is 0 Å². The number of benzene rings is 2. The molecule has 1 aliphatic heterocycles. The summed E-state index contributed by atoms with van der Waals surface area (Å²) < 4.78 is 10.9. The number of carboxylic acids is 1. The molecule has 1 saturated carbocycles. The molecule has 2 aliphatic rings. The Balaban J connectivity index is 1.69. The first kappa shape index (κ1) is 26.7.